The van der Waals surface area contributed by atoms with Crippen molar-refractivity contribution in [2.75, 3.05) is 6.61 Å². The average molecular weight is 564 g/mol. The number of fused-ring (bicyclic) bond motifs is 1. The lowest BCUT2D eigenvalue weighted by Crippen LogP contribution is -2.51. The molecule has 0 aromatic rings. The van der Waals surface area contributed by atoms with Gasteiger partial charge in [0.1, 0.15) is 6.10 Å². The Balaban J connectivity index is 1.61. The van der Waals surface area contributed by atoms with Crippen molar-refractivity contribution in [3.8, 4) is 0 Å². The number of rotatable bonds is 6. The van der Waals surface area contributed by atoms with Crippen molar-refractivity contribution in [1.82, 2.24) is 4.90 Å². The summed E-state index contributed by atoms with van der Waals surface area (Å²) in [5, 5.41) is -4.74. The van der Waals surface area contributed by atoms with Crippen LogP contribution >= 0.6 is 0 Å². The van der Waals surface area contributed by atoms with Crippen molar-refractivity contribution >= 4 is 33.9 Å². The molecule has 10 nitrogen and oxygen atoms in total. The second-order valence-electron chi connectivity index (χ2n) is 12.0. The first-order chi connectivity index (χ1) is 17.6. The van der Waals surface area contributed by atoms with Crippen LogP contribution in [-0.4, -0.2) is 65.6 Å². The number of hydrogen-bond acceptors (Lipinski definition) is 8. The summed E-state index contributed by atoms with van der Waals surface area (Å²) in [5.41, 5.74) is -0.959. The number of likely N-dealkylation sites (tertiary alicyclic amines) is 1. The maximum atomic E-state index is 13.7. The Morgan fingerprint density at radius 2 is 1.58 bits per heavy atom. The molecule has 0 aromatic heterocycles. The lowest BCUT2D eigenvalue weighted by Gasteiger charge is -2.35. The van der Waals surface area contributed by atoms with Gasteiger partial charge in [-0.2, -0.15) is 17.2 Å². The number of esters is 2. The van der Waals surface area contributed by atoms with Crippen molar-refractivity contribution in [3.63, 3.8) is 0 Å². The van der Waals surface area contributed by atoms with Crippen molar-refractivity contribution in [3.05, 3.63) is 0 Å². The van der Waals surface area contributed by atoms with E-state index < -0.39 is 87.0 Å². The summed E-state index contributed by atoms with van der Waals surface area (Å²) in [5.74, 6) is -6.87. The SMILES string of the molecule is CC(C)(C)C(=O)N1C(=O)C2C3CC(C(OC(=O)C4CCCCCCC4)C31)C2C(=O)OCC(F)(F)S(=O)(=O)O. The minimum atomic E-state index is -5.83. The van der Waals surface area contributed by atoms with Gasteiger partial charge in [0.05, 0.1) is 23.8 Å². The van der Waals surface area contributed by atoms with E-state index in [2.05, 4.69) is 4.74 Å². The molecule has 2 bridgehead atoms. The molecule has 4 rings (SSSR count). The van der Waals surface area contributed by atoms with E-state index in [9.17, 15) is 36.4 Å². The van der Waals surface area contributed by atoms with Crippen LogP contribution < -0.4 is 0 Å². The van der Waals surface area contributed by atoms with Gasteiger partial charge in [-0.15, -0.1) is 0 Å². The van der Waals surface area contributed by atoms with Gasteiger partial charge in [-0.05, 0) is 25.2 Å². The molecule has 1 aliphatic heterocycles. The minimum Gasteiger partial charge on any atom is -0.460 e. The third-order valence-electron chi connectivity index (χ3n) is 8.45. The van der Waals surface area contributed by atoms with Crippen LogP contribution in [-0.2, 0) is 38.8 Å². The number of ether oxygens (including phenoxy) is 2. The van der Waals surface area contributed by atoms with E-state index in [0.717, 1.165) is 37.0 Å². The molecule has 6 unspecified atom stereocenters. The lowest BCUT2D eigenvalue weighted by atomic mass is 9.78. The number of hydrogen-bond donors (Lipinski definition) is 1. The van der Waals surface area contributed by atoms with Crippen molar-refractivity contribution in [2.45, 2.75) is 89.5 Å². The Bertz CT molecular complexity index is 1090. The van der Waals surface area contributed by atoms with E-state index in [1.54, 1.807) is 20.8 Å². The average Bonchev–Trinajstić information content (AvgIpc) is 3.38. The Morgan fingerprint density at radius 1 is 1.00 bits per heavy atom. The molecule has 0 spiro atoms. The predicted molar refractivity (Wildman–Crippen MR) is 127 cm³/mol. The van der Waals surface area contributed by atoms with Crippen LogP contribution in [0, 0.1) is 35.0 Å². The quantitative estimate of drug-likeness (QED) is 0.381. The molecule has 1 heterocycles. The van der Waals surface area contributed by atoms with Gasteiger partial charge in [0.2, 0.25) is 11.8 Å². The molecule has 13 heteroatoms. The topological polar surface area (TPSA) is 144 Å². The number of halogens is 2. The highest BCUT2D eigenvalue weighted by molar-refractivity contribution is 7.86. The van der Waals surface area contributed by atoms with Crippen LogP contribution in [0.2, 0.25) is 0 Å². The molecule has 38 heavy (non-hydrogen) atoms. The van der Waals surface area contributed by atoms with Crippen LogP contribution in [0.15, 0.2) is 0 Å². The van der Waals surface area contributed by atoms with E-state index in [1.165, 1.54) is 0 Å². The Hall–Kier alpha value is -2.15. The second kappa shape index (κ2) is 10.1. The number of nitrogens with zero attached hydrogens (tertiary/aromatic N) is 1. The van der Waals surface area contributed by atoms with E-state index in [1.807, 2.05) is 0 Å². The molecular formula is C25H35F2NO9S. The van der Waals surface area contributed by atoms with Gasteiger partial charge in [-0.1, -0.05) is 52.9 Å². The molecule has 4 aliphatic rings. The highest BCUT2D eigenvalue weighted by Gasteiger charge is 2.72. The van der Waals surface area contributed by atoms with Crippen molar-refractivity contribution in [1.29, 1.82) is 0 Å². The molecule has 2 amide bonds. The summed E-state index contributed by atoms with van der Waals surface area (Å²) < 4.78 is 68.6. The Morgan fingerprint density at radius 3 is 2.13 bits per heavy atom. The maximum Gasteiger partial charge on any atom is 0.402 e. The zero-order valence-corrected chi connectivity index (χ0v) is 22.5. The monoisotopic (exact) mass is 563 g/mol. The lowest BCUT2D eigenvalue weighted by molar-refractivity contribution is -0.170. The summed E-state index contributed by atoms with van der Waals surface area (Å²) in [4.78, 5) is 54.1. The van der Waals surface area contributed by atoms with E-state index in [4.69, 9.17) is 9.29 Å². The first-order valence-electron chi connectivity index (χ1n) is 13.2. The van der Waals surface area contributed by atoms with Crippen LogP contribution in [0.1, 0.15) is 72.1 Å². The third-order valence-corrected chi connectivity index (χ3v) is 9.33. The summed E-state index contributed by atoms with van der Waals surface area (Å²) >= 11 is 0. The number of imide groups is 1. The van der Waals surface area contributed by atoms with Crippen LogP contribution in [0.25, 0.3) is 0 Å². The molecule has 3 saturated carbocycles. The normalized spacial score (nSPS) is 32.2. The van der Waals surface area contributed by atoms with E-state index in [-0.39, 0.29) is 12.3 Å². The minimum absolute atomic E-state index is 0.242. The highest BCUT2D eigenvalue weighted by atomic mass is 32.2. The zero-order valence-electron chi connectivity index (χ0n) is 21.7. The summed E-state index contributed by atoms with van der Waals surface area (Å²) in [7, 11) is -5.83. The highest BCUT2D eigenvalue weighted by Crippen LogP contribution is 2.60. The first-order valence-corrected chi connectivity index (χ1v) is 14.6. The van der Waals surface area contributed by atoms with Crippen molar-refractivity contribution in [2.24, 2.45) is 35.0 Å². The smallest absolute Gasteiger partial charge is 0.402 e. The van der Waals surface area contributed by atoms with Crippen LogP contribution in [0.3, 0.4) is 0 Å². The molecular weight excluding hydrogens is 528 g/mol. The largest absolute Gasteiger partial charge is 0.460 e. The first kappa shape index (κ1) is 28.8. The van der Waals surface area contributed by atoms with Gasteiger partial charge in [-0.25, -0.2) is 0 Å². The van der Waals surface area contributed by atoms with Crippen LogP contribution in [0.5, 0.6) is 0 Å². The Labute approximate surface area is 220 Å². The molecule has 6 atom stereocenters. The van der Waals surface area contributed by atoms with Gasteiger partial charge < -0.3 is 9.47 Å². The zero-order chi connectivity index (χ0) is 28.2. The fourth-order valence-corrected chi connectivity index (χ4v) is 6.84. The van der Waals surface area contributed by atoms with Gasteiger partial charge in [-0.3, -0.25) is 28.6 Å². The number of carbonyl (C=O) groups excluding carboxylic acids is 4. The molecule has 1 saturated heterocycles. The third kappa shape index (κ3) is 5.07. The summed E-state index contributed by atoms with van der Waals surface area (Å²) in [6, 6.07) is -0.773. The number of amides is 2. The van der Waals surface area contributed by atoms with E-state index in [0.29, 0.717) is 12.8 Å². The molecule has 0 radical (unpaired) electrons. The standard InChI is InChI=1S/C25H35F2NO9S/c1-24(2,3)23(32)28-18-14-11-15(19(18)37-21(30)13-9-7-5-4-6-8-10-13)17(16(14)20(28)29)22(31)36-12-25(26,27)38(33,34)35/h13-19H,4-12H2,1-3H3,(H,33,34,35). The predicted octanol–water partition coefficient (Wildman–Crippen LogP) is 2.95. The van der Waals surface area contributed by atoms with Crippen LogP contribution in [0.4, 0.5) is 8.78 Å². The maximum absolute atomic E-state index is 13.7. The fourth-order valence-electron chi connectivity index (χ4n) is 6.63. The van der Waals surface area contributed by atoms with Gasteiger partial charge >= 0.3 is 27.3 Å². The number of alkyl halides is 2. The molecule has 1 N–H and O–H groups in total. The van der Waals surface area contributed by atoms with Gasteiger partial charge in [0.25, 0.3) is 0 Å². The molecule has 0 aromatic carbocycles. The second-order valence-corrected chi connectivity index (χ2v) is 13.6. The summed E-state index contributed by atoms with van der Waals surface area (Å²) in [6.45, 7) is 2.97. The number of carbonyl (C=O) groups is 4. The van der Waals surface area contributed by atoms with Crippen molar-refractivity contribution < 1.29 is 50.4 Å². The van der Waals surface area contributed by atoms with E-state index >= 15 is 0 Å². The fraction of sp³-hybridized carbons (Fsp3) is 0.840. The van der Waals surface area contributed by atoms with Gasteiger partial charge in [0.15, 0.2) is 6.61 Å². The molecule has 214 valence electrons. The van der Waals surface area contributed by atoms with Gasteiger partial charge in [0, 0.05) is 11.3 Å². The Kier molecular flexibility index (Phi) is 7.67. The summed E-state index contributed by atoms with van der Waals surface area (Å²) in [6.07, 6.45) is 5.37. The molecule has 3 aliphatic carbocycles. The molecule has 4 fully saturated rings.